The lowest BCUT2D eigenvalue weighted by molar-refractivity contribution is -0.117. The molecule has 8 nitrogen and oxygen atoms in total. The van der Waals surface area contributed by atoms with Gasteiger partial charge in [-0.05, 0) is 31.9 Å². The van der Waals surface area contributed by atoms with E-state index in [2.05, 4.69) is 32.5 Å². The monoisotopic (exact) mass is 398 g/mol. The molecule has 1 fully saturated rings. The highest BCUT2D eigenvalue weighted by Gasteiger charge is 2.21. The van der Waals surface area contributed by atoms with Crippen molar-refractivity contribution in [3.63, 3.8) is 0 Å². The molecule has 0 saturated carbocycles. The maximum Gasteiger partial charge on any atom is 0.260 e. The number of likely N-dealkylation sites (tertiary alicyclic amines) is 1. The van der Waals surface area contributed by atoms with Crippen molar-refractivity contribution in [3.8, 4) is 0 Å². The van der Waals surface area contributed by atoms with Crippen molar-refractivity contribution in [2.75, 3.05) is 30.3 Å². The Morgan fingerprint density at radius 3 is 2.96 bits per heavy atom. The van der Waals surface area contributed by atoms with Gasteiger partial charge in [-0.2, -0.15) is 5.10 Å². The Balaban J connectivity index is 1.44. The molecular formula is C19H22N6O2S. The normalized spacial score (nSPS) is 17.1. The van der Waals surface area contributed by atoms with Crippen molar-refractivity contribution in [1.29, 1.82) is 0 Å². The van der Waals surface area contributed by atoms with Crippen molar-refractivity contribution in [1.82, 2.24) is 19.5 Å². The number of aryl methyl sites for hydroxylation is 1. The predicted octanol–water partition coefficient (Wildman–Crippen LogP) is 2.63. The number of hydrogen-bond donors (Lipinski definition) is 2. The SMILES string of the molecule is Cc1ncc(NC(=O)CN2CCC(C)C2)cc1NC(=O)c1cnn2ccsc12. The summed E-state index contributed by atoms with van der Waals surface area (Å²) in [5, 5.41) is 11.8. The van der Waals surface area contributed by atoms with Crippen LogP contribution in [-0.2, 0) is 4.79 Å². The number of nitrogens with zero attached hydrogens (tertiary/aromatic N) is 4. The molecule has 2 amide bonds. The molecule has 0 bridgehead atoms. The summed E-state index contributed by atoms with van der Waals surface area (Å²) in [7, 11) is 0. The van der Waals surface area contributed by atoms with Crippen molar-refractivity contribution in [2.24, 2.45) is 5.92 Å². The molecule has 1 aliphatic rings. The highest BCUT2D eigenvalue weighted by Crippen LogP contribution is 2.22. The average molecular weight is 398 g/mol. The van der Waals surface area contributed by atoms with Gasteiger partial charge >= 0.3 is 0 Å². The molecule has 0 aromatic carbocycles. The third-order valence-corrected chi connectivity index (χ3v) is 5.76. The first kappa shape index (κ1) is 18.6. The van der Waals surface area contributed by atoms with Gasteiger partial charge in [0.25, 0.3) is 5.91 Å². The number of nitrogens with one attached hydrogen (secondary N) is 2. The summed E-state index contributed by atoms with van der Waals surface area (Å²) in [6.45, 7) is 6.27. The molecule has 1 unspecified atom stereocenters. The second kappa shape index (κ2) is 7.69. The maximum absolute atomic E-state index is 12.7. The van der Waals surface area contributed by atoms with Crippen LogP contribution in [0.15, 0.2) is 30.0 Å². The van der Waals surface area contributed by atoms with Crippen LogP contribution in [0.4, 0.5) is 11.4 Å². The fraction of sp³-hybridized carbons (Fsp3) is 0.368. The van der Waals surface area contributed by atoms with Gasteiger partial charge < -0.3 is 10.6 Å². The Bertz CT molecular complexity index is 1030. The molecule has 1 aliphatic heterocycles. The first-order valence-electron chi connectivity index (χ1n) is 9.20. The van der Waals surface area contributed by atoms with E-state index in [0.717, 1.165) is 24.3 Å². The zero-order valence-electron chi connectivity index (χ0n) is 15.8. The molecule has 3 aromatic heterocycles. The number of carbonyl (C=O) groups is 2. The van der Waals surface area contributed by atoms with Crippen molar-refractivity contribution in [3.05, 3.63) is 41.3 Å². The van der Waals surface area contributed by atoms with Gasteiger partial charge in [-0.3, -0.25) is 19.5 Å². The maximum atomic E-state index is 12.7. The summed E-state index contributed by atoms with van der Waals surface area (Å²) >= 11 is 1.45. The van der Waals surface area contributed by atoms with E-state index < -0.39 is 0 Å². The number of amides is 2. The van der Waals surface area contributed by atoms with Crippen LogP contribution < -0.4 is 10.6 Å². The Morgan fingerprint density at radius 1 is 1.32 bits per heavy atom. The lowest BCUT2D eigenvalue weighted by Gasteiger charge is -2.15. The summed E-state index contributed by atoms with van der Waals surface area (Å²) in [4.78, 5) is 32.2. The lowest BCUT2D eigenvalue weighted by atomic mass is 10.2. The molecular weight excluding hydrogens is 376 g/mol. The predicted molar refractivity (Wildman–Crippen MR) is 109 cm³/mol. The Kier molecular flexibility index (Phi) is 5.10. The molecule has 1 saturated heterocycles. The molecule has 3 aromatic rings. The minimum absolute atomic E-state index is 0.0750. The largest absolute Gasteiger partial charge is 0.324 e. The van der Waals surface area contributed by atoms with E-state index in [1.165, 1.54) is 11.3 Å². The smallest absolute Gasteiger partial charge is 0.260 e. The third-order valence-electron chi connectivity index (χ3n) is 4.87. The number of carbonyl (C=O) groups excluding carboxylic acids is 2. The highest BCUT2D eigenvalue weighted by molar-refractivity contribution is 7.15. The Labute approximate surface area is 166 Å². The van der Waals surface area contributed by atoms with E-state index in [0.29, 0.717) is 35.1 Å². The van der Waals surface area contributed by atoms with Gasteiger partial charge in [0.2, 0.25) is 5.91 Å². The Morgan fingerprint density at radius 2 is 2.18 bits per heavy atom. The van der Waals surface area contributed by atoms with Crippen LogP contribution in [0.2, 0.25) is 0 Å². The second-order valence-corrected chi connectivity index (χ2v) is 8.09. The molecule has 28 heavy (non-hydrogen) atoms. The fourth-order valence-electron chi connectivity index (χ4n) is 3.37. The number of rotatable bonds is 5. The topological polar surface area (TPSA) is 91.6 Å². The first-order valence-corrected chi connectivity index (χ1v) is 10.1. The fourth-order valence-corrected chi connectivity index (χ4v) is 4.17. The highest BCUT2D eigenvalue weighted by atomic mass is 32.1. The molecule has 1 atom stereocenters. The van der Waals surface area contributed by atoms with Crippen LogP contribution in [0.3, 0.4) is 0 Å². The number of fused-ring (bicyclic) bond motifs is 1. The summed E-state index contributed by atoms with van der Waals surface area (Å²) in [6, 6.07) is 1.74. The van der Waals surface area contributed by atoms with Crippen LogP contribution >= 0.6 is 11.3 Å². The molecule has 146 valence electrons. The van der Waals surface area contributed by atoms with Gasteiger partial charge in [-0.25, -0.2) is 4.52 Å². The Hall–Kier alpha value is -2.78. The zero-order chi connectivity index (χ0) is 19.7. The second-order valence-electron chi connectivity index (χ2n) is 7.20. The number of hydrogen-bond acceptors (Lipinski definition) is 6. The van der Waals surface area contributed by atoms with E-state index in [9.17, 15) is 9.59 Å². The molecule has 0 radical (unpaired) electrons. The number of thiazole rings is 1. The molecule has 4 rings (SSSR count). The standard InChI is InChI=1S/C19H22N6O2S/c1-12-3-4-24(10-12)11-17(26)22-14-7-16(13(2)20-8-14)23-18(27)15-9-21-25-5-6-28-19(15)25/h5-9,12H,3-4,10-11H2,1-2H3,(H,22,26)(H,23,27). The molecule has 9 heteroatoms. The van der Waals surface area contributed by atoms with Crippen LogP contribution in [0.25, 0.3) is 4.83 Å². The van der Waals surface area contributed by atoms with Crippen LogP contribution in [0.1, 0.15) is 29.4 Å². The molecule has 4 heterocycles. The van der Waals surface area contributed by atoms with Crippen LogP contribution in [0.5, 0.6) is 0 Å². The summed E-state index contributed by atoms with van der Waals surface area (Å²) in [6.07, 6.45) is 6.09. The molecule has 2 N–H and O–H groups in total. The lowest BCUT2D eigenvalue weighted by Crippen LogP contribution is -2.31. The van der Waals surface area contributed by atoms with E-state index >= 15 is 0 Å². The molecule has 0 aliphatic carbocycles. The number of aromatic nitrogens is 3. The quantitative estimate of drug-likeness (QED) is 0.689. The number of pyridine rings is 1. The van der Waals surface area contributed by atoms with E-state index in [4.69, 9.17) is 0 Å². The van der Waals surface area contributed by atoms with Gasteiger partial charge in [-0.15, -0.1) is 11.3 Å². The minimum Gasteiger partial charge on any atom is -0.324 e. The minimum atomic E-state index is -0.253. The van der Waals surface area contributed by atoms with Crippen molar-refractivity contribution in [2.45, 2.75) is 20.3 Å². The van der Waals surface area contributed by atoms with Gasteiger partial charge in [-0.1, -0.05) is 6.92 Å². The van der Waals surface area contributed by atoms with E-state index in [-0.39, 0.29) is 11.8 Å². The van der Waals surface area contributed by atoms with Gasteiger partial charge in [0.05, 0.1) is 41.6 Å². The van der Waals surface area contributed by atoms with Crippen molar-refractivity contribution < 1.29 is 9.59 Å². The van der Waals surface area contributed by atoms with Crippen LogP contribution in [0, 0.1) is 12.8 Å². The van der Waals surface area contributed by atoms with E-state index in [1.807, 2.05) is 12.3 Å². The molecule has 0 spiro atoms. The third kappa shape index (κ3) is 3.90. The van der Waals surface area contributed by atoms with Crippen LogP contribution in [-0.4, -0.2) is 50.9 Å². The van der Waals surface area contributed by atoms with E-state index in [1.54, 1.807) is 29.2 Å². The summed E-state index contributed by atoms with van der Waals surface area (Å²) in [5.41, 5.74) is 2.31. The first-order chi connectivity index (χ1) is 13.5. The van der Waals surface area contributed by atoms with Gasteiger partial charge in [0.15, 0.2) is 0 Å². The van der Waals surface area contributed by atoms with Crippen molar-refractivity contribution >= 4 is 39.4 Å². The zero-order valence-corrected chi connectivity index (χ0v) is 16.6. The summed E-state index contributed by atoms with van der Waals surface area (Å²) in [5.74, 6) is 0.306. The number of anilines is 2. The van der Waals surface area contributed by atoms with Gasteiger partial charge in [0.1, 0.15) is 4.83 Å². The van der Waals surface area contributed by atoms with Gasteiger partial charge in [0, 0.05) is 18.1 Å². The average Bonchev–Trinajstić information content (AvgIpc) is 3.35. The summed E-state index contributed by atoms with van der Waals surface area (Å²) < 4.78 is 1.67.